The van der Waals surface area contributed by atoms with Gasteiger partial charge < -0.3 is 24.4 Å². The van der Waals surface area contributed by atoms with Crippen LogP contribution in [0.15, 0.2) is 18.5 Å². The van der Waals surface area contributed by atoms with Gasteiger partial charge in [0.05, 0.1) is 30.4 Å². The Balaban J connectivity index is 0.000000500. The first-order chi connectivity index (χ1) is 17.2. The van der Waals surface area contributed by atoms with Crippen LogP contribution in [-0.2, 0) is 19.0 Å². The number of nitrogens with zero attached hydrogens (tertiary/aromatic N) is 4. The first kappa shape index (κ1) is 30.8. The van der Waals surface area contributed by atoms with Crippen molar-refractivity contribution in [2.24, 2.45) is 5.41 Å². The lowest BCUT2D eigenvalue weighted by molar-refractivity contribution is -0.161. The summed E-state index contributed by atoms with van der Waals surface area (Å²) in [7, 11) is 0. The fourth-order valence-electron chi connectivity index (χ4n) is 3.28. The second-order valence-electron chi connectivity index (χ2n) is 8.95. The van der Waals surface area contributed by atoms with Crippen LogP contribution >= 0.6 is 0 Å². The minimum Gasteiger partial charge on any atom is -0.449 e. The van der Waals surface area contributed by atoms with Crippen molar-refractivity contribution in [3.63, 3.8) is 0 Å². The molecule has 12 nitrogen and oxygen atoms in total. The summed E-state index contributed by atoms with van der Waals surface area (Å²) < 4.78 is 17.0. The third-order valence-electron chi connectivity index (χ3n) is 5.13. The molecule has 1 amide bonds. The molecule has 1 saturated heterocycles. The number of esters is 1. The van der Waals surface area contributed by atoms with E-state index in [-0.39, 0.29) is 24.8 Å². The van der Waals surface area contributed by atoms with Crippen molar-refractivity contribution in [3.8, 4) is 6.57 Å². The Morgan fingerprint density at radius 3 is 2.50 bits per heavy atom. The van der Waals surface area contributed by atoms with Gasteiger partial charge in [-0.1, -0.05) is 19.8 Å². The normalized spacial score (nSPS) is 16.8. The molecule has 2 aromatic rings. The zero-order valence-corrected chi connectivity index (χ0v) is 21.3. The maximum atomic E-state index is 11.9. The van der Waals surface area contributed by atoms with Gasteiger partial charge in [-0.25, -0.2) is 19.6 Å². The number of aliphatic hydroxyl groups excluding tert-OH is 2. The summed E-state index contributed by atoms with van der Waals surface area (Å²) in [5, 5.41) is 30.8. The van der Waals surface area contributed by atoms with E-state index in [2.05, 4.69) is 33.6 Å². The van der Waals surface area contributed by atoms with Gasteiger partial charge in [0.25, 0.3) is 0 Å². The van der Waals surface area contributed by atoms with Gasteiger partial charge in [0.2, 0.25) is 0 Å². The number of anilines is 1. The predicted octanol–water partition coefficient (Wildman–Crippen LogP) is 3.35. The third kappa shape index (κ3) is 9.41. The van der Waals surface area contributed by atoms with Gasteiger partial charge in [-0.3, -0.25) is 10.1 Å². The van der Waals surface area contributed by atoms with Crippen molar-refractivity contribution >= 4 is 23.4 Å². The molecule has 2 atom stereocenters. The van der Waals surface area contributed by atoms with Crippen LogP contribution < -0.4 is 5.32 Å². The van der Waals surface area contributed by atoms with Gasteiger partial charge >= 0.3 is 12.1 Å². The van der Waals surface area contributed by atoms with Gasteiger partial charge in [0, 0.05) is 6.57 Å². The number of fused-ring (bicyclic) bond motifs is 1. The highest BCUT2D eigenvalue weighted by molar-refractivity contribution is 5.88. The summed E-state index contributed by atoms with van der Waals surface area (Å²) in [5.41, 5.74) is 1.05. The van der Waals surface area contributed by atoms with E-state index in [1.807, 2.05) is 12.1 Å². The molecule has 0 aromatic carbocycles. The molecular formula is C24H37N5O7. The lowest BCUT2D eigenvalue weighted by Gasteiger charge is -2.14. The van der Waals surface area contributed by atoms with Crippen molar-refractivity contribution in [2.45, 2.75) is 72.0 Å². The minimum atomic E-state index is -0.532. The van der Waals surface area contributed by atoms with Crippen molar-refractivity contribution in [3.05, 3.63) is 24.2 Å². The monoisotopic (exact) mass is 507 g/mol. The number of carbonyl (C=O) groups excluding carboxylic acids is 2. The molecule has 12 heteroatoms. The number of hydrogen-bond acceptors (Lipinski definition) is 10. The number of nitriles is 1. The number of hydrogen-bond donors (Lipinski definition) is 3. The van der Waals surface area contributed by atoms with Crippen molar-refractivity contribution in [2.75, 3.05) is 25.3 Å². The Kier molecular flexibility index (Phi) is 13.4. The van der Waals surface area contributed by atoms with E-state index < -0.39 is 18.3 Å². The van der Waals surface area contributed by atoms with Crippen LogP contribution in [-0.4, -0.2) is 63.0 Å². The highest BCUT2D eigenvalue weighted by Crippen LogP contribution is 2.33. The number of aliphatic hydroxyl groups is 2. The maximum Gasteiger partial charge on any atom is 0.412 e. The molecule has 2 unspecified atom stereocenters. The highest BCUT2D eigenvalue weighted by atomic mass is 16.6. The summed E-state index contributed by atoms with van der Waals surface area (Å²) in [5.74, 6) is 0.0171. The Bertz CT molecular complexity index is 971. The predicted molar refractivity (Wildman–Crippen MR) is 131 cm³/mol. The fraction of sp³-hybridized carbons (Fsp3) is 0.625. The molecule has 0 radical (unpaired) electrons. The minimum absolute atomic E-state index is 0.0193. The van der Waals surface area contributed by atoms with Crippen LogP contribution in [0.3, 0.4) is 0 Å². The average molecular weight is 508 g/mol. The number of nitrogens with one attached hydrogen (secondary N) is 1. The molecule has 1 aliphatic heterocycles. The van der Waals surface area contributed by atoms with Crippen LogP contribution in [0.2, 0.25) is 0 Å². The Hall–Kier alpha value is -3.27. The van der Waals surface area contributed by atoms with Crippen molar-refractivity contribution in [1.82, 2.24) is 14.6 Å². The van der Waals surface area contributed by atoms with Gasteiger partial charge in [-0.2, -0.15) is 5.10 Å². The molecule has 0 saturated carbocycles. The molecule has 1 fully saturated rings. The maximum absolute atomic E-state index is 11.9. The third-order valence-corrected chi connectivity index (χ3v) is 5.13. The molecule has 200 valence electrons. The molecule has 3 N–H and O–H groups in total. The molecule has 3 rings (SSSR count). The number of rotatable bonds is 8. The van der Waals surface area contributed by atoms with E-state index in [1.165, 1.54) is 6.33 Å². The summed E-state index contributed by atoms with van der Waals surface area (Å²) in [4.78, 5) is 26.7. The summed E-state index contributed by atoms with van der Waals surface area (Å²) in [6.45, 7) is 10.7. The number of amides is 1. The standard InChI is InChI=1S/C17H24N4O4.C6H12O3.CHN/c1-2-3-4-9-24-17(23)20-16-14-7-6-13(21(14)19-11-18-16)15-8-5-12(10-22)25-15;1-6(2,3)5(8)9-4-7;1-2/h6-7,11-12,15,22H,2-5,8-10H2,1H3,(H,18,19,20,23);7H,4H2,1-3H3;1H. The zero-order valence-electron chi connectivity index (χ0n) is 21.3. The van der Waals surface area contributed by atoms with Gasteiger partial charge in [-0.15, -0.1) is 0 Å². The van der Waals surface area contributed by atoms with E-state index in [0.29, 0.717) is 17.9 Å². The van der Waals surface area contributed by atoms with Crippen LogP contribution in [0.5, 0.6) is 0 Å². The molecule has 2 aromatic heterocycles. The van der Waals surface area contributed by atoms with Crippen molar-refractivity contribution in [1.29, 1.82) is 5.26 Å². The van der Waals surface area contributed by atoms with E-state index in [1.54, 1.807) is 25.3 Å². The van der Waals surface area contributed by atoms with Crippen molar-refractivity contribution < 1.29 is 34.0 Å². The molecule has 3 heterocycles. The molecule has 1 aliphatic rings. The summed E-state index contributed by atoms with van der Waals surface area (Å²) in [6, 6.07) is 3.75. The fourth-order valence-corrected chi connectivity index (χ4v) is 3.28. The van der Waals surface area contributed by atoms with Crippen LogP contribution in [0.1, 0.15) is 71.6 Å². The number of unbranched alkanes of at least 4 members (excludes halogenated alkanes) is 2. The first-order valence-corrected chi connectivity index (χ1v) is 11.8. The quantitative estimate of drug-likeness (QED) is 0.274. The number of carbonyl (C=O) groups is 2. The lowest BCUT2D eigenvalue weighted by Crippen LogP contribution is -2.23. The number of aromatic nitrogens is 3. The Morgan fingerprint density at radius 1 is 1.22 bits per heavy atom. The lowest BCUT2D eigenvalue weighted by atomic mass is 9.98. The smallest absolute Gasteiger partial charge is 0.412 e. The van der Waals surface area contributed by atoms with Crippen LogP contribution in [0.25, 0.3) is 5.52 Å². The second-order valence-corrected chi connectivity index (χ2v) is 8.95. The molecular weight excluding hydrogens is 470 g/mol. The van der Waals surface area contributed by atoms with E-state index >= 15 is 0 Å². The van der Waals surface area contributed by atoms with E-state index in [0.717, 1.165) is 37.8 Å². The molecule has 0 spiro atoms. The van der Waals surface area contributed by atoms with E-state index in [9.17, 15) is 14.7 Å². The topological polar surface area (TPSA) is 168 Å². The molecule has 36 heavy (non-hydrogen) atoms. The molecule has 0 aliphatic carbocycles. The summed E-state index contributed by atoms with van der Waals surface area (Å²) in [6.07, 6.45) is 5.21. The molecule has 0 bridgehead atoms. The second kappa shape index (κ2) is 15.7. The Morgan fingerprint density at radius 2 is 1.94 bits per heavy atom. The average Bonchev–Trinajstić information content (AvgIpc) is 3.50. The SMILES string of the molecule is C#N.CC(C)(C)C(=O)OCO.CCCCCOC(=O)Nc1ncnn2c(C3CCC(CO)O3)ccc12. The van der Waals surface area contributed by atoms with Gasteiger partial charge in [0.15, 0.2) is 12.6 Å². The largest absolute Gasteiger partial charge is 0.449 e. The summed E-state index contributed by atoms with van der Waals surface area (Å²) >= 11 is 0. The highest BCUT2D eigenvalue weighted by Gasteiger charge is 2.28. The van der Waals surface area contributed by atoms with Gasteiger partial charge in [-0.05, 0) is 52.2 Å². The Labute approximate surface area is 211 Å². The van der Waals surface area contributed by atoms with Crippen LogP contribution in [0.4, 0.5) is 10.6 Å². The van der Waals surface area contributed by atoms with E-state index in [4.69, 9.17) is 19.8 Å². The first-order valence-electron chi connectivity index (χ1n) is 11.8. The van der Waals surface area contributed by atoms with Crippen LogP contribution in [0, 0.1) is 17.2 Å². The zero-order chi connectivity index (χ0) is 27.1. The number of ether oxygens (including phenoxy) is 3. The van der Waals surface area contributed by atoms with Gasteiger partial charge in [0.1, 0.15) is 17.9 Å².